The highest BCUT2D eigenvalue weighted by Crippen LogP contribution is 2.29. The third-order valence-electron chi connectivity index (χ3n) is 4.12. The number of halogens is 1. The van der Waals surface area contributed by atoms with Crippen LogP contribution in [0.15, 0.2) is 51.8 Å². The molecule has 0 saturated carbocycles. The van der Waals surface area contributed by atoms with Crippen molar-refractivity contribution >= 4 is 37.5 Å². The van der Waals surface area contributed by atoms with Gasteiger partial charge in [-0.3, -0.25) is 4.79 Å². The Morgan fingerprint density at radius 3 is 2.44 bits per heavy atom. The first-order chi connectivity index (χ1) is 12.9. The minimum Gasteiger partial charge on any atom is -0.495 e. The van der Waals surface area contributed by atoms with E-state index in [1.54, 1.807) is 24.3 Å². The Labute approximate surface area is 166 Å². The van der Waals surface area contributed by atoms with Crippen molar-refractivity contribution in [2.45, 2.75) is 4.90 Å². The third kappa shape index (κ3) is 4.49. The van der Waals surface area contributed by atoms with E-state index in [1.165, 1.54) is 29.6 Å². The van der Waals surface area contributed by atoms with E-state index in [2.05, 4.69) is 21.2 Å². The molecule has 1 fully saturated rings. The van der Waals surface area contributed by atoms with Crippen LogP contribution in [-0.4, -0.2) is 52.0 Å². The maximum Gasteiger partial charge on any atom is 0.255 e. The van der Waals surface area contributed by atoms with Crippen molar-refractivity contribution in [3.63, 3.8) is 0 Å². The third-order valence-corrected chi connectivity index (χ3v) is 6.56. The number of amides is 1. The summed E-state index contributed by atoms with van der Waals surface area (Å²) in [4.78, 5) is 12.5. The van der Waals surface area contributed by atoms with Gasteiger partial charge in [0, 0.05) is 28.8 Å². The van der Waals surface area contributed by atoms with E-state index >= 15 is 0 Å². The minimum atomic E-state index is -3.80. The first kappa shape index (κ1) is 19.8. The summed E-state index contributed by atoms with van der Waals surface area (Å²) in [5, 5.41) is 2.75. The lowest BCUT2D eigenvalue weighted by Crippen LogP contribution is -2.40. The summed E-state index contributed by atoms with van der Waals surface area (Å²) in [6.07, 6.45) is 0. The largest absolute Gasteiger partial charge is 0.495 e. The number of sulfonamides is 1. The summed E-state index contributed by atoms with van der Waals surface area (Å²) in [6, 6.07) is 11.5. The average molecular weight is 455 g/mol. The van der Waals surface area contributed by atoms with Crippen LogP contribution in [0.25, 0.3) is 0 Å². The standard InChI is InChI=1S/C18H19BrN2O5S/c1-25-16-7-2-13(18(22)20-15-5-3-14(19)4-6-15)12-17(16)27(23,24)21-8-10-26-11-9-21/h2-7,12H,8-11H2,1H3,(H,20,22). The van der Waals surface area contributed by atoms with Gasteiger partial charge in [0.25, 0.3) is 5.91 Å². The first-order valence-corrected chi connectivity index (χ1v) is 10.5. The fourth-order valence-electron chi connectivity index (χ4n) is 2.68. The van der Waals surface area contributed by atoms with Gasteiger partial charge in [-0.15, -0.1) is 0 Å². The Bertz CT molecular complexity index is 925. The summed E-state index contributed by atoms with van der Waals surface area (Å²) < 4.78 is 38.6. The van der Waals surface area contributed by atoms with E-state index in [0.717, 1.165) is 4.47 Å². The number of nitrogens with one attached hydrogen (secondary N) is 1. The molecule has 0 aliphatic carbocycles. The molecule has 27 heavy (non-hydrogen) atoms. The molecular formula is C18H19BrN2O5S. The summed E-state index contributed by atoms with van der Waals surface area (Å²) in [7, 11) is -2.40. The summed E-state index contributed by atoms with van der Waals surface area (Å²) in [5.74, 6) is -0.208. The average Bonchev–Trinajstić information content (AvgIpc) is 2.69. The highest BCUT2D eigenvalue weighted by Gasteiger charge is 2.30. The van der Waals surface area contributed by atoms with Crippen LogP contribution in [-0.2, 0) is 14.8 Å². The fraction of sp³-hybridized carbons (Fsp3) is 0.278. The number of anilines is 1. The van der Waals surface area contributed by atoms with E-state index in [9.17, 15) is 13.2 Å². The van der Waals surface area contributed by atoms with E-state index in [4.69, 9.17) is 9.47 Å². The van der Waals surface area contributed by atoms with Gasteiger partial charge < -0.3 is 14.8 Å². The van der Waals surface area contributed by atoms with Gasteiger partial charge in [-0.2, -0.15) is 4.31 Å². The van der Waals surface area contributed by atoms with Crippen LogP contribution in [0.2, 0.25) is 0 Å². The van der Waals surface area contributed by atoms with Crippen molar-refractivity contribution in [3.05, 3.63) is 52.5 Å². The highest BCUT2D eigenvalue weighted by molar-refractivity contribution is 9.10. The van der Waals surface area contributed by atoms with Gasteiger partial charge in [-0.25, -0.2) is 8.42 Å². The van der Waals surface area contributed by atoms with Crippen LogP contribution in [0.1, 0.15) is 10.4 Å². The molecule has 2 aromatic carbocycles. The van der Waals surface area contributed by atoms with E-state index in [1.807, 2.05) is 0 Å². The number of benzene rings is 2. The Morgan fingerprint density at radius 2 is 1.81 bits per heavy atom. The van der Waals surface area contributed by atoms with E-state index in [0.29, 0.717) is 18.9 Å². The number of ether oxygens (including phenoxy) is 2. The maximum absolute atomic E-state index is 13.0. The molecule has 0 atom stereocenters. The number of hydrogen-bond acceptors (Lipinski definition) is 5. The van der Waals surface area contributed by atoms with Gasteiger partial charge in [0.05, 0.1) is 20.3 Å². The molecule has 1 N–H and O–H groups in total. The predicted molar refractivity (Wildman–Crippen MR) is 105 cm³/mol. The number of carbonyl (C=O) groups is 1. The molecule has 144 valence electrons. The monoisotopic (exact) mass is 454 g/mol. The molecule has 0 radical (unpaired) electrons. The fourth-order valence-corrected chi connectivity index (χ4v) is 4.54. The Balaban J connectivity index is 1.90. The molecular weight excluding hydrogens is 436 g/mol. The number of nitrogens with zero attached hydrogens (tertiary/aromatic N) is 1. The van der Waals surface area contributed by atoms with Crippen molar-refractivity contribution in [1.82, 2.24) is 4.31 Å². The minimum absolute atomic E-state index is 0.0321. The number of rotatable bonds is 5. The normalized spacial score (nSPS) is 15.3. The molecule has 0 spiro atoms. The molecule has 0 unspecified atom stereocenters. The van der Waals surface area contributed by atoms with Gasteiger partial charge in [-0.05, 0) is 42.5 Å². The summed E-state index contributed by atoms with van der Waals surface area (Å²) >= 11 is 3.33. The van der Waals surface area contributed by atoms with Gasteiger partial charge in [0.15, 0.2) is 0 Å². The van der Waals surface area contributed by atoms with Crippen LogP contribution in [0.3, 0.4) is 0 Å². The highest BCUT2D eigenvalue weighted by atomic mass is 79.9. The van der Waals surface area contributed by atoms with Crippen molar-refractivity contribution in [2.24, 2.45) is 0 Å². The molecule has 9 heteroatoms. The molecule has 7 nitrogen and oxygen atoms in total. The van der Waals surface area contributed by atoms with Crippen LogP contribution in [0.4, 0.5) is 5.69 Å². The molecule has 1 amide bonds. The van der Waals surface area contributed by atoms with E-state index < -0.39 is 15.9 Å². The van der Waals surface area contributed by atoms with Crippen LogP contribution in [0, 0.1) is 0 Å². The lowest BCUT2D eigenvalue weighted by atomic mass is 10.2. The van der Waals surface area contributed by atoms with Gasteiger partial charge in [-0.1, -0.05) is 15.9 Å². The molecule has 1 aliphatic heterocycles. The molecule has 0 aromatic heterocycles. The summed E-state index contributed by atoms with van der Waals surface area (Å²) in [6.45, 7) is 1.21. The van der Waals surface area contributed by atoms with E-state index in [-0.39, 0.29) is 29.3 Å². The zero-order valence-corrected chi connectivity index (χ0v) is 17.0. The van der Waals surface area contributed by atoms with Crippen LogP contribution >= 0.6 is 15.9 Å². The number of hydrogen-bond donors (Lipinski definition) is 1. The first-order valence-electron chi connectivity index (χ1n) is 8.24. The second-order valence-corrected chi connectivity index (χ2v) is 8.67. The van der Waals surface area contributed by atoms with Gasteiger partial charge >= 0.3 is 0 Å². The lowest BCUT2D eigenvalue weighted by Gasteiger charge is -2.26. The van der Waals surface area contributed by atoms with Crippen LogP contribution in [0.5, 0.6) is 5.75 Å². The number of morpholine rings is 1. The molecule has 2 aromatic rings. The summed E-state index contributed by atoms with van der Waals surface area (Å²) in [5.41, 5.74) is 0.835. The maximum atomic E-state index is 13.0. The molecule has 1 saturated heterocycles. The SMILES string of the molecule is COc1ccc(C(=O)Nc2ccc(Br)cc2)cc1S(=O)(=O)N1CCOCC1. The molecule has 0 bridgehead atoms. The second kappa shape index (κ2) is 8.39. The zero-order chi connectivity index (χ0) is 19.4. The Morgan fingerprint density at radius 1 is 1.15 bits per heavy atom. The van der Waals surface area contributed by atoms with Crippen molar-refractivity contribution in [3.8, 4) is 5.75 Å². The molecule has 1 aliphatic rings. The van der Waals surface area contributed by atoms with Crippen molar-refractivity contribution < 1.29 is 22.7 Å². The van der Waals surface area contributed by atoms with Crippen LogP contribution < -0.4 is 10.1 Å². The smallest absolute Gasteiger partial charge is 0.255 e. The van der Waals surface area contributed by atoms with Crippen molar-refractivity contribution in [2.75, 3.05) is 38.7 Å². The zero-order valence-electron chi connectivity index (χ0n) is 14.6. The van der Waals surface area contributed by atoms with Crippen molar-refractivity contribution in [1.29, 1.82) is 0 Å². The predicted octanol–water partition coefficient (Wildman–Crippen LogP) is 2.73. The Hall–Kier alpha value is -1.94. The number of methoxy groups -OCH3 is 1. The second-order valence-electron chi connectivity index (χ2n) is 5.84. The molecule has 3 rings (SSSR count). The molecule has 1 heterocycles. The topological polar surface area (TPSA) is 84.9 Å². The quantitative estimate of drug-likeness (QED) is 0.750. The Kier molecular flexibility index (Phi) is 6.15. The van der Waals surface area contributed by atoms with Gasteiger partial charge in [0.1, 0.15) is 10.6 Å². The lowest BCUT2D eigenvalue weighted by molar-refractivity contribution is 0.0729. The van der Waals surface area contributed by atoms with Gasteiger partial charge in [0.2, 0.25) is 10.0 Å². The number of carbonyl (C=O) groups excluding carboxylic acids is 1.